The molecule has 0 aromatic carbocycles. The number of aryl methyl sites for hydroxylation is 1. The third-order valence-electron chi connectivity index (χ3n) is 3.97. The van der Waals surface area contributed by atoms with E-state index < -0.39 is 5.97 Å². The summed E-state index contributed by atoms with van der Waals surface area (Å²) < 4.78 is 1.78. The number of nitrogens with zero attached hydrogens (tertiary/aromatic N) is 3. The summed E-state index contributed by atoms with van der Waals surface area (Å²) in [5, 5.41) is 13.4. The second-order valence-corrected chi connectivity index (χ2v) is 5.22. The number of carboxylic acid groups (broad SMARTS) is 1. The van der Waals surface area contributed by atoms with Gasteiger partial charge in [-0.15, -0.1) is 0 Å². The van der Waals surface area contributed by atoms with Crippen LogP contribution < -0.4 is 0 Å². The molecule has 5 nitrogen and oxygen atoms in total. The molecule has 0 amide bonds. The molecule has 2 atom stereocenters. The molecular weight excluding hydrogens is 218 g/mol. The van der Waals surface area contributed by atoms with E-state index in [1.165, 1.54) is 25.7 Å². The van der Waals surface area contributed by atoms with E-state index in [4.69, 9.17) is 5.11 Å². The largest absolute Gasteiger partial charge is 0.481 e. The number of aliphatic carboxylic acids is 1. The van der Waals surface area contributed by atoms with Crippen LogP contribution in [0, 0.1) is 5.92 Å². The van der Waals surface area contributed by atoms with Crippen LogP contribution in [-0.2, 0) is 11.8 Å². The quantitative estimate of drug-likeness (QED) is 0.865. The summed E-state index contributed by atoms with van der Waals surface area (Å²) in [6.45, 7) is 0. The Balaban J connectivity index is 1.79. The van der Waals surface area contributed by atoms with Crippen LogP contribution in [0.1, 0.15) is 55.6 Å². The Hall–Kier alpha value is -1.39. The normalized spacial score (nSPS) is 28.5. The minimum Gasteiger partial charge on any atom is -0.481 e. The third kappa shape index (κ3) is 1.83. The Labute approximate surface area is 99.9 Å². The van der Waals surface area contributed by atoms with Gasteiger partial charge in [0.05, 0.1) is 5.92 Å². The molecule has 2 saturated carbocycles. The van der Waals surface area contributed by atoms with E-state index in [2.05, 4.69) is 10.1 Å². The van der Waals surface area contributed by atoms with Crippen molar-refractivity contribution in [2.75, 3.05) is 0 Å². The molecule has 1 N–H and O–H groups in total. The average Bonchev–Trinajstić information content (AvgIpc) is 2.73. The molecule has 2 aliphatic carbocycles. The third-order valence-corrected chi connectivity index (χ3v) is 3.97. The summed E-state index contributed by atoms with van der Waals surface area (Å²) in [5.74, 6) is 1.42. The first-order chi connectivity index (χ1) is 8.16. The molecule has 1 heterocycles. The van der Waals surface area contributed by atoms with Crippen molar-refractivity contribution >= 4 is 5.97 Å². The van der Waals surface area contributed by atoms with Gasteiger partial charge in [0.2, 0.25) is 0 Å². The van der Waals surface area contributed by atoms with Crippen molar-refractivity contribution in [3.8, 4) is 0 Å². The molecule has 0 saturated heterocycles. The van der Waals surface area contributed by atoms with Gasteiger partial charge in [-0.3, -0.25) is 9.48 Å². The zero-order chi connectivity index (χ0) is 12.0. The fourth-order valence-electron chi connectivity index (χ4n) is 2.85. The van der Waals surface area contributed by atoms with Gasteiger partial charge >= 0.3 is 5.97 Å². The van der Waals surface area contributed by atoms with Crippen LogP contribution in [0.3, 0.4) is 0 Å². The lowest BCUT2D eigenvalue weighted by Crippen LogP contribution is -2.03. The monoisotopic (exact) mass is 235 g/mol. The standard InChI is InChI=1S/C12H17N3O2/c1-15-11(8-6-9(8)12(16)17)13-10(14-15)7-4-2-3-5-7/h7-9H,2-6H2,1H3,(H,16,17). The molecule has 0 radical (unpaired) electrons. The highest BCUT2D eigenvalue weighted by molar-refractivity contribution is 5.74. The zero-order valence-electron chi connectivity index (χ0n) is 9.96. The molecule has 1 aromatic heterocycles. The van der Waals surface area contributed by atoms with E-state index in [0.717, 1.165) is 11.6 Å². The minimum atomic E-state index is -0.708. The maximum atomic E-state index is 10.9. The van der Waals surface area contributed by atoms with Crippen molar-refractivity contribution in [2.24, 2.45) is 13.0 Å². The molecule has 1 aromatic rings. The predicted octanol–water partition coefficient (Wildman–Crippen LogP) is 1.66. The maximum absolute atomic E-state index is 10.9. The number of carboxylic acids is 1. The highest BCUT2D eigenvalue weighted by Crippen LogP contribution is 2.47. The fourth-order valence-corrected chi connectivity index (χ4v) is 2.85. The van der Waals surface area contributed by atoms with Gasteiger partial charge in [0, 0.05) is 18.9 Å². The SMILES string of the molecule is Cn1nc(C2CCCC2)nc1C1CC1C(=O)O. The molecule has 0 spiro atoms. The van der Waals surface area contributed by atoms with Crippen molar-refractivity contribution in [2.45, 2.75) is 43.9 Å². The predicted molar refractivity (Wildman–Crippen MR) is 60.7 cm³/mol. The van der Waals surface area contributed by atoms with Crippen molar-refractivity contribution in [1.82, 2.24) is 14.8 Å². The first-order valence-corrected chi connectivity index (χ1v) is 6.30. The summed E-state index contributed by atoms with van der Waals surface area (Å²) in [7, 11) is 1.87. The molecule has 92 valence electrons. The zero-order valence-corrected chi connectivity index (χ0v) is 9.96. The Morgan fingerprint density at radius 1 is 1.41 bits per heavy atom. The average molecular weight is 235 g/mol. The smallest absolute Gasteiger partial charge is 0.307 e. The van der Waals surface area contributed by atoms with Crippen LogP contribution in [0.5, 0.6) is 0 Å². The first kappa shape index (κ1) is 10.7. The van der Waals surface area contributed by atoms with Gasteiger partial charge in [-0.2, -0.15) is 5.10 Å². The fraction of sp³-hybridized carbons (Fsp3) is 0.750. The van der Waals surface area contributed by atoms with Gasteiger partial charge in [-0.25, -0.2) is 4.98 Å². The molecule has 2 aliphatic rings. The molecule has 3 rings (SSSR count). The number of carbonyl (C=O) groups is 1. The summed E-state index contributed by atoms with van der Waals surface area (Å²) in [6.07, 6.45) is 5.60. The molecule has 2 fully saturated rings. The van der Waals surface area contributed by atoms with Crippen molar-refractivity contribution in [3.63, 3.8) is 0 Å². The van der Waals surface area contributed by atoms with Crippen LogP contribution in [0.2, 0.25) is 0 Å². The van der Waals surface area contributed by atoms with E-state index in [-0.39, 0.29) is 11.8 Å². The lowest BCUT2D eigenvalue weighted by Gasteiger charge is -2.00. The van der Waals surface area contributed by atoms with Gasteiger partial charge in [-0.1, -0.05) is 12.8 Å². The summed E-state index contributed by atoms with van der Waals surface area (Å²) in [4.78, 5) is 15.4. The lowest BCUT2D eigenvalue weighted by molar-refractivity contribution is -0.138. The van der Waals surface area contributed by atoms with Crippen LogP contribution in [0.4, 0.5) is 0 Å². The molecule has 2 unspecified atom stereocenters. The molecule has 0 bridgehead atoms. The van der Waals surface area contributed by atoms with Crippen LogP contribution >= 0.6 is 0 Å². The highest BCUT2D eigenvalue weighted by Gasteiger charge is 2.47. The minimum absolute atomic E-state index is 0.0835. The molecule has 17 heavy (non-hydrogen) atoms. The Morgan fingerprint density at radius 2 is 2.12 bits per heavy atom. The van der Waals surface area contributed by atoms with Crippen LogP contribution in [0.15, 0.2) is 0 Å². The van der Waals surface area contributed by atoms with Gasteiger partial charge in [-0.05, 0) is 19.3 Å². The molecule has 0 aliphatic heterocycles. The Morgan fingerprint density at radius 3 is 2.71 bits per heavy atom. The van der Waals surface area contributed by atoms with Gasteiger partial charge in [0.25, 0.3) is 0 Å². The van der Waals surface area contributed by atoms with Gasteiger partial charge in [0.1, 0.15) is 5.82 Å². The lowest BCUT2D eigenvalue weighted by atomic mass is 10.1. The van der Waals surface area contributed by atoms with Gasteiger partial charge in [0.15, 0.2) is 5.82 Å². The Kier molecular flexibility index (Phi) is 2.42. The van der Waals surface area contributed by atoms with Crippen LogP contribution in [0.25, 0.3) is 0 Å². The van der Waals surface area contributed by atoms with Crippen LogP contribution in [-0.4, -0.2) is 25.8 Å². The maximum Gasteiger partial charge on any atom is 0.307 e. The molecular formula is C12H17N3O2. The van der Waals surface area contributed by atoms with Crippen molar-refractivity contribution in [1.29, 1.82) is 0 Å². The summed E-state index contributed by atoms with van der Waals surface area (Å²) in [5.41, 5.74) is 0. The van der Waals surface area contributed by atoms with E-state index in [1.807, 2.05) is 7.05 Å². The second-order valence-electron chi connectivity index (χ2n) is 5.22. The number of aromatic nitrogens is 3. The number of hydrogen-bond acceptors (Lipinski definition) is 3. The number of hydrogen-bond donors (Lipinski definition) is 1. The molecule has 5 heteroatoms. The number of rotatable bonds is 3. The highest BCUT2D eigenvalue weighted by atomic mass is 16.4. The summed E-state index contributed by atoms with van der Waals surface area (Å²) >= 11 is 0. The van der Waals surface area contributed by atoms with Crippen molar-refractivity contribution in [3.05, 3.63) is 11.6 Å². The van der Waals surface area contributed by atoms with E-state index in [0.29, 0.717) is 12.3 Å². The van der Waals surface area contributed by atoms with E-state index in [9.17, 15) is 4.79 Å². The first-order valence-electron chi connectivity index (χ1n) is 6.30. The second kappa shape index (κ2) is 3.82. The summed E-state index contributed by atoms with van der Waals surface area (Å²) in [6, 6.07) is 0. The topological polar surface area (TPSA) is 68.0 Å². The van der Waals surface area contributed by atoms with Gasteiger partial charge < -0.3 is 5.11 Å². The Bertz CT molecular complexity index is 449. The van der Waals surface area contributed by atoms with E-state index in [1.54, 1.807) is 4.68 Å². The van der Waals surface area contributed by atoms with Crippen molar-refractivity contribution < 1.29 is 9.90 Å². The van der Waals surface area contributed by atoms with E-state index >= 15 is 0 Å².